The highest BCUT2D eigenvalue weighted by Crippen LogP contribution is 2.35. The highest BCUT2D eigenvalue weighted by molar-refractivity contribution is 9.10. The molecule has 0 spiro atoms. The highest BCUT2D eigenvalue weighted by atomic mass is 79.9. The molecule has 1 unspecified atom stereocenters. The van der Waals surface area contributed by atoms with Gasteiger partial charge in [0, 0.05) is 27.6 Å². The molecule has 0 amide bonds. The van der Waals surface area contributed by atoms with Crippen LogP contribution in [-0.4, -0.2) is 18.1 Å². The molecule has 118 valence electrons. The molecule has 0 saturated carbocycles. The summed E-state index contributed by atoms with van der Waals surface area (Å²) in [7, 11) is 0. The number of aromatic nitrogens is 1. The summed E-state index contributed by atoms with van der Waals surface area (Å²) in [5.41, 5.74) is 5.16. The Morgan fingerprint density at radius 2 is 2.00 bits per heavy atom. The first-order chi connectivity index (χ1) is 11.3. The maximum Gasteiger partial charge on any atom is 0.120 e. The molecule has 1 aromatic heterocycles. The lowest BCUT2D eigenvalue weighted by molar-refractivity contribution is 0.340. The standard InChI is InChI=1S/C19H19BrN2O/c1-2-23-14-7-8-17-16(11-14)15-9-10-21-18(19(15)22-17)12-3-5-13(20)6-4-12/h3-8,11,18,21-22H,2,9-10H2,1H3. The Bertz CT molecular complexity index is 838. The molecule has 4 rings (SSSR count). The van der Waals surface area contributed by atoms with Crippen molar-refractivity contribution in [2.45, 2.75) is 19.4 Å². The molecule has 0 saturated heterocycles. The first kappa shape index (κ1) is 14.8. The van der Waals surface area contributed by atoms with Crippen molar-refractivity contribution >= 4 is 26.8 Å². The Morgan fingerprint density at radius 3 is 2.78 bits per heavy atom. The number of hydrogen-bond donors (Lipinski definition) is 2. The second-order valence-corrected chi connectivity index (χ2v) is 6.76. The molecule has 1 aliphatic rings. The van der Waals surface area contributed by atoms with E-state index in [2.05, 4.69) is 62.6 Å². The summed E-state index contributed by atoms with van der Waals surface area (Å²) in [6.07, 6.45) is 1.04. The van der Waals surface area contributed by atoms with Gasteiger partial charge in [-0.2, -0.15) is 0 Å². The van der Waals surface area contributed by atoms with Gasteiger partial charge in [-0.25, -0.2) is 0 Å². The van der Waals surface area contributed by atoms with Crippen LogP contribution in [0.1, 0.15) is 29.8 Å². The fraction of sp³-hybridized carbons (Fsp3) is 0.263. The average molecular weight is 371 g/mol. The van der Waals surface area contributed by atoms with Crippen LogP contribution in [0, 0.1) is 0 Å². The monoisotopic (exact) mass is 370 g/mol. The first-order valence-corrected chi connectivity index (χ1v) is 8.81. The molecule has 0 fully saturated rings. The molecule has 1 atom stereocenters. The Kier molecular flexibility index (Phi) is 3.87. The van der Waals surface area contributed by atoms with Gasteiger partial charge in [0.1, 0.15) is 5.75 Å². The number of aromatic amines is 1. The number of benzene rings is 2. The summed E-state index contributed by atoms with van der Waals surface area (Å²) >= 11 is 3.51. The lowest BCUT2D eigenvalue weighted by Gasteiger charge is -2.25. The van der Waals surface area contributed by atoms with E-state index in [-0.39, 0.29) is 6.04 Å². The number of hydrogen-bond acceptors (Lipinski definition) is 2. The molecule has 2 N–H and O–H groups in total. The SMILES string of the molecule is CCOc1ccc2[nH]c3c(c2c1)CCNC3c1ccc(Br)cc1. The number of fused-ring (bicyclic) bond motifs is 3. The van der Waals surface area contributed by atoms with E-state index < -0.39 is 0 Å². The molecule has 23 heavy (non-hydrogen) atoms. The number of halogens is 1. The summed E-state index contributed by atoms with van der Waals surface area (Å²) in [5, 5.41) is 4.92. The van der Waals surface area contributed by atoms with E-state index in [0.29, 0.717) is 6.61 Å². The van der Waals surface area contributed by atoms with E-state index in [1.54, 1.807) is 0 Å². The van der Waals surface area contributed by atoms with Crippen LogP contribution in [0.15, 0.2) is 46.9 Å². The zero-order valence-electron chi connectivity index (χ0n) is 13.0. The molecule has 0 bridgehead atoms. The Labute approximate surface area is 144 Å². The van der Waals surface area contributed by atoms with E-state index in [9.17, 15) is 0 Å². The van der Waals surface area contributed by atoms with Crippen molar-refractivity contribution in [2.24, 2.45) is 0 Å². The van der Waals surface area contributed by atoms with Gasteiger partial charge in [-0.05, 0) is 54.8 Å². The number of H-pyrrole nitrogens is 1. The summed E-state index contributed by atoms with van der Waals surface area (Å²) in [6, 6.07) is 15.1. The van der Waals surface area contributed by atoms with Crippen LogP contribution < -0.4 is 10.1 Å². The van der Waals surface area contributed by atoms with Crippen LogP contribution in [0.5, 0.6) is 5.75 Å². The quantitative estimate of drug-likeness (QED) is 0.708. The largest absolute Gasteiger partial charge is 0.494 e. The molecule has 2 aromatic carbocycles. The predicted molar refractivity (Wildman–Crippen MR) is 97.2 cm³/mol. The molecule has 2 heterocycles. The fourth-order valence-electron chi connectivity index (χ4n) is 3.40. The van der Waals surface area contributed by atoms with Crippen molar-refractivity contribution in [3.63, 3.8) is 0 Å². The van der Waals surface area contributed by atoms with E-state index in [1.165, 1.54) is 27.7 Å². The van der Waals surface area contributed by atoms with Crippen LogP contribution in [-0.2, 0) is 6.42 Å². The summed E-state index contributed by atoms with van der Waals surface area (Å²) < 4.78 is 6.77. The van der Waals surface area contributed by atoms with Gasteiger partial charge in [0.05, 0.1) is 12.6 Å². The summed E-state index contributed by atoms with van der Waals surface area (Å²) in [6.45, 7) is 3.70. The van der Waals surface area contributed by atoms with Crippen LogP contribution in [0.25, 0.3) is 10.9 Å². The van der Waals surface area contributed by atoms with Crippen LogP contribution in [0.3, 0.4) is 0 Å². The van der Waals surface area contributed by atoms with Crippen molar-refractivity contribution in [1.82, 2.24) is 10.3 Å². The van der Waals surface area contributed by atoms with Crippen LogP contribution in [0.4, 0.5) is 0 Å². The predicted octanol–water partition coefficient (Wildman–Crippen LogP) is 4.56. The van der Waals surface area contributed by atoms with E-state index in [0.717, 1.165) is 23.2 Å². The smallest absolute Gasteiger partial charge is 0.120 e. The highest BCUT2D eigenvalue weighted by Gasteiger charge is 2.25. The molecular formula is C19H19BrN2O. The van der Waals surface area contributed by atoms with Gasteiger partial charge in [0.15, 0.2) is 0 Å². The fourth-order valence-corrected chi connectivity index (χ4v) is 3.67. The minimum Gasteiger partial charge on any atom is -0.494 e. The van der Waals surface area contributed by atoms with Gasteiger partial charge < -0.3 is 15.0 Å². The molecule has 3 aromatic rings. The lowest BCUT2D eigenvalue weighted by atomic mass is 9.94. The Balaban J connectivity index is 1.81. The first-order valence-electron chi connectivity index (χ1n) is 8.02. The van der Waals surface area contributed by atoms with E-state index >= 15 is 0 Å². The molecule has 3 nitrogen and oxygen atoms in total. The molecule has 0 aliphatic carbocycles. The number of rotatable bonds is 3. The summed E-state index contributed by atoms with van der Waals surface area (Å²) in [5.74, 6) is 0.945. The van der Waals surface area contributed by atoms with Gasteiger partial charge in [0.2, 0.25) is 0 Å². The van der Waals surface area contributed by atoms with Crippen LogP contribution in [0.2, 0.25) is 0 Å². The van der Waals surface area contributed by atoms with E-state index in [4.69, 9.17) is 4.74 Å². The van der Waals surface area contributed by atoms with Crippen LogP contribution >= 0.6 is 15.9 Å². The minimum absolute atomic E-state index is 0.217. The lowest BCUT2D eigenvalue weighted by Crippen LogP contribution is -2.30. The van der Waals surface area contributed by atoms with Crippen molar-refractivity contribution in [3.05, 3.63) is 63.8 Å². The molecule has 0 radical (unpaired) electrons. The number of nitrogens with one attached hydrogen (secondary N) is 2. The topological polar surface area (TPSA) is 37.0 Å². The molecule has 1 aliphatic heterocycles. The second-order valence-electron chi connectivity index (χ2n) is 5.85. The van der Waals surface area contributed by atoms with Gasteiger partial charge in [-0.3, -0.25) is 0 Å². The van der Waals surface area contributed by atoms with Crippen molar-refractivity contribution in [1.29, 1.82) is 0 Å². The van der Waals surface area contributed by atoms with Gasteiger partial charge >= 0.3 is 0 Å². The third-order valence-corrected chi connectivity index (χ3v) is 4.97. The minimum atomic E-state index is 0.217. The normalized spacial score (nSPS) is 17.2. The Hall–Kier alpha value is -1.78. The van der Waals surface area contributed by atoms with Gasteiger partial charge in [0.25, 0.3) is 0 Å². The van der Waals surface area contributed by atoms with Crippen molar-refractivity contribution in [2.75, 3.05) is 13.2 Å². The molecular weight excluding hydrogens is 352 g/mol. The van der Waals surface area contributed by atoms with Crippen molar-refractivity contribution < 1.29 is 4.74 Å². The summed E-state index contributed by atoms with van der Waals surface area (Å²) in [4.78, 5) is 3.62. The third kappa shape index (κ3) is 2.66. The molecule has 4 heteroatoms. The second kappa shape index (κ2) is 6.02. The zero-order valence-corrected chi connectivity index (χ0v) is 14.6. The Morgan fingerprint density at radius 1 is 1.17 bits per heavy atom. The maximum atomic E-state index is 5.66. The van der Waals surface area contributed by atoms with E-state index in [1.807, 2.05) is 13.0 Å². The average Bonchev–Trinajstić information content (AvgIpc) is 2.94. The van der Waals surface area contributed by atoms with Gasteiger partial charge in [-0.1, -0.05) is 28.1 Å². The zero-order chi connectivity index (χ0) is 15.8. The third-order valence-electron chi connectivity index (χ3n) is 4.44. The maximum absolute atomic E-state index is 5.66. The van der Waals surface area contributed by atoms with Crippen molar-refractivity contribution in [3.8, 4) is 5.75 Å². The van der Waals surface area contributed by atoms with Gasteiger partial charge in [-0.15, -0.1) is 0 Å². The number of ether oxygens (including phenoxy) is 1.